The predicted molar refractivity (Wildman–Crippen MR) is 284 cm³/mol. The van der Waals surface area contributed by atoms with Gasteiger partial charge in [-0.05, 0) is 93.8 Å². The van der Waals surface area contributed by atoms with Gasteiger partial charge in [0.15, 0.2) is 25.2 Å². The van der Waals surface area contributed by atoms with Gasteiger partial charge in [0.25, 0.3) is 0 Å². The van der Waals surface area contributed by atoms with Crippen LogP contribution in [0.2, 0.25) is 0 Å². The fourth-order valence-corrected chi connectivity index (χ4v) is 17.3. The molecule has 12 N–H and O–H groups in total. The van der Waals surface area contributed by atoms with Gasteiger partial charge in [0.1, 0.15) is 102 Å². The molecule has 0 aromatic heterocycles. The van der Waals surface area contributed by atoms with Crippen molar-refractivity contribution in [2.75, 3.05) is 26.9 Å². The van der Waals surface area contributed by atoms with Crippen LogP contribution in [0.4, 0.5) is 0 Å². The van der Waals surface area contributed by atoms with E-state index in [0.29, 0.717) is 38.0 Å². The van der Waals surface area contributed by atoms with Gasteiger partial charge < -0.3 is 98.4 Å². The average molecular weight is 1270 g/mol. The minimum Gasteiger partial charge on any atom is -0.456 e. The van der Waals surface area contributed by atoms with Crippen molar-refractivity contribution in [3.63, 3.8) is 0 Å². The highest BCUT2D eigenvalue weighted by molar-refractivity contribution is 7.81. The van der Waals surface area contributed by atoms with E-state index in [1.807, 2.05) is 20.8 Å². The van der Waals surface area contributed by atoms with Crippen LogP contribution in [0.25, 0.3) is 0 Å². The first-order valence-electron chi connectivity index (χ1n) is 29.2. The van der Waals surface area contributed by atoms with E-state index < -0.39 is 208 Å². The number of allylic oxidation sites excluding steroid dienone is 2. The van der Waals surface area contributed by atoms with Crippen LogP contribution in [-0.4, -0.2) is 250 Å². The van der Waals surface area contributed by atoms with Crippen LogP contribution in [-0.2, 0) is 81.3 Å². The van der Waals surface area contributed by atoms with Crippen molar-refractivity contribution in [2.24, 2.45) is 39.4 Å². The Hall–Kier alpha value is -1.81. The van der Waals surface area contributed by atoms with Gasteiger partial charge in [-0.3, -0.25) is 13.9 Å². The number of aliphatic hydroxyl groups is 10. The Labute approximate surface area is 493 Å². The number of methoxy groups -OCH3 is 1. The second kappa shape index (κ2) is 24.3. The first kappa shape index (κ1) is 67.6. The summed E-state index contributed by atoms with van der Waals surface area (Å²) in [5.74, 6) is -0.552. The highest BCUT2D eigenvalue weighted by Crippen LogP contribution is 2.77. The molecule has 4 aliphatic carbocycles. The van der Waals surface area contributed by atoms with Crippen LogP contribution in [0.1, 0.15) is 113 Å². The van der Waals surface area contributed by atoms with Crippen molar-refractivity contribution >= 4 is 26.8 Å². The number of carbonyl (C=O) groups excluding carboxylic acids is 1. The summed E-state index contributed by atoms with van der Waals surface area (Å²) in [6, 6.07) is 0. The molecule has 31 heteroatoms. The van der Waals surface area contributed by atoms with E-state index in [9.17, 15) is 81.8 Å². The number of aliphatic hydroxyl groups excluding tert-OH is 9. The Morgan fingerprint density at radius 1 is 0.718 bits per heavy atom. The summed E-state index contributed by atoms with van der Waals surface area (Å²) < 4.78 is 135. The van der Waals surface area contributed by atoms with Gasteiger partial charge in [-0.25, -0.2) is 8.37 Å². The van der Waals surface area contributed by atoms with Gasteiger partial charge in [0.05, 0.1) is 38.1 Å². The summed E-state index contributed by atoms with van der Waals surface area (Å²) in [4.78, 5) is 14.5. The highest BCUT2D eigenvalue weighted by atomic mass is 32.3. The molecule has 0 aromatic rings. The predicted octanol–water partition coefficient (Wildman–Crippen LogP) is -1.57. The monoisotopic (exact) mass is 1260 g/mol. The van der Waals surface area contributed by atoms with Crippen LogP contribution >= 0.6 is 0 Å². The molecule has 1 spiro atoms. The highest BCUT2D eigenvalue weighted by Gasteiger charge is 2.86. The molecule has 490 valence electrons. The zero-order valence-electron chi connectivity index (χ0n) is 49.0. The molecule has 9 rings (SSSR count). The topological polar surface area (TPSA) is 439 Å². The van der Waals surface area contributed by atoms with Gasteiger partial charge in [-0.15, -0.1) is 0 Å². The normalized spacial score (nSPS) is 50.0. The van der Waals surface area contributed by atoms with E-state index in [1.54, 1.807) is 6.92 Å². The maximum Gasteiger partial charge on any atom is 0.397 e. The van der Waals surface area contributed by atoms with E-state index >= 15 is 0 Å². The largest absolute Gasteiger partial charge is 0.456 e. The number of hydrogen-bond donors (Lipinski definition) is 12. The fourth-order valence-electron chi connectivity index (χ4n) is 16.5. The first-order chi connectivity index (χ1) is 39.4. The molecule has 0 amide bonds. The van der Waals surface area contributed by atoms with E-state index in [2.05, 4.69) is 31.0 Å². The van der Waals surface area contributed by atoms with E-state index in [0.717, 1.165) is 25.5 Å². The fraction of sp³-hybridized carbons (Fsp3) is 0.944. The van der Waals surface area contributed by atoms with Gasteiger partial charge in [0, 0.05) is 12.5 Å². The molecule has 9 aliphatic rings. The van der Waals surface area contributed by atoms with Crippen molar-refractivity contribution < 1.29 is 138 Å². The molecule has 28 atom stereocenters. The number of cyclic esters (lactones) is 1. The molecule has 85 heavy (non-hydrogen) atoms. The van der Waals surface area contributed by atoms with Crippen molar-refractivity contribution in [3.8, 4) is 0 Å². The molecule has 0 radical (unpaired) electrons. The van der Waals surface area contributed by atoms with Crippen molar-refractivity contribution in [2.45, 2.75) is 253 Å². The molecule has 0 bridgehead atoms. The average Bonchev–Trinajstić information content (AvgIpc) is 1.58. The lowest BCUT2D eigenvalue weighted by Crippen LogP contribution is -2.68. The van der Waals surface area contributed by atoms with Crippen LogP contribution in [0.5, 0.6) is 0 Å². The maximum absolute atomic E-state index is 14.5. The zero-order chi connectivity index (χ0) is 62.7. The Kier molecular flexibility index (Phi) is 19.4. The molecule has 5 saturated heterocycles. The van der Waals surface area contributed by atoms with Gasteiger partial charge >= 0.3 is 26.8 Å². The molecule has 8 fully saturated rings. The van der Waals surface area contributed by atoms with Crippen molar-refractivity contribution in [3.05, 3.63) is 11.6 Å². The summed E-state index contributed by atoms with van der Waals surface area (Å²) in [6.45, 7) is 12.9. The zero-order valence-corrected chi connectivity index (χ0v) is 50.7. The number of hydrogen-bond acceptors (Lipinski definition) is 27. The molecule has 5 heterocycles. The molecule has 29 nitrogen and oxygen atoms in total. The number of carbonyl (C=O) groups is 1. The van der Waals surface area contributed by atoms with Gasteiger partial charge in [-0.1, -0.05) is 59.6 Å². The number of ether oxygens (including phenoxy) is 10. The molecule has 0 unspecified atom stereocenters. The Morgan fingerprint density at radius 3 is 1.95 bits per heavy atom. The number of rotatable bonds is 19. The van der Waals surface area contributed by atoms with Crippen LogP contribution in [0.15, 0.2) is 11.6 Å². The Bertz CT molecular complexity index is 2650. The lowest BCUT2D eigenvalue weighted by molar-refractivity contribution is -0.389. The molecule has 3 saturated carbocycles. The second-order valence-corrected chi connectivity index (χ2v) is 28.7. The van der Waals surface area contributed by atoms with Crippen LogP contribution in [0, 0.1) is 39.4 Å². The minimum atomic E-state index is -5.23. The SMILES string of the molecule is CO[C@@H]1[C@@H](O)[C@H](O[C@@H]2[C@@H](O)[C@H](O[C@H]3[C@H](O)[C@@H](O)[C@H](O[C@H]4[C@H](O[C@H]5CC[C@]6(C)[C@H]7C[C@H](O)[C@]89C(=O)O[C@@](C)(CCCC(C)C)[C@@]8(O)CC[C@@]9(C)C7=CC[C@H]6C5(C)C)OC[C@@H](OS(=O)(=O)O)[C@@H]4O)O[C@@H]3C)O[C@H](COS(=O)(=O)O)[C@H]2O)O[C@H](CO)[C@H]1O. The van der Waals surface area contributed by atoms with E-state index in [1.165, 1.54) is 6.92 Å². The second-order valence-electron chi connectivity index (χ2n) is 26.5. The van der Waals surface area contributed by atoms with Gasteiger partial charge in [-0.2, -0.15) is 16.8 Å². The van der Waals surface area contributed by atoms with E-state index in [4.69, 9.17) is 51.6 Å². The molecule has 5 aliphatic heterocycles. The summed E-state index contributed by atoms with van der Waals surface area (Å²) in [5.41, 5.74) is -5.59. The molecular weight excluding hydrogens is 1180 g/mol. The third-order valence-electron chi connectivity index (χ3n) is 21.0. The Morgan fingerprint density at radius 2 is 1.33 bits per heavy atom. The van der Waals surface area contributed by atoms with Gasteiger partial charge in [0.2, 0.25) is 0 Å². The summed E-state index contributed by atoms with van der Waals surface area (Å²) in [6.07, 6.45) is -30.1. The third kappa shape index (κ3) is 11.6. The lowest BCUT2D eigenvalue weighted by atomic mass is 9.39. The smallest absolute Gasteiger partial charge is 0.397 e. The Balaban J connectivity index is 0.924. The van der Waals surface area contributed by atoms with Crippen LogP contribution in [0.3, 0.4) is 0 Å². The number of fused-ring (bicyclic) bond motifs is 4. The first-order valence-corrected chi connectivity index (χ1v) is 31.9. The van der Waals surface area contributed by atoms with Crippen molar-refractivity contribution in [1.82, 2.24) is 0 Å². The van der Waals surface area contributed by atoms with E-state index in [-0.39, 0.29) is 24.7 Å². The standard InChI is InChI=1S/C54H88O29S2/c1-23(2)11-10-15-52(8)53(65)18-17-51(7)25-12-13-30-49(4,5)32(14-16-50(30,6)26(25)19-31(56)54(51,53)48(64)82-52)78-47-43(35(59)29(21-73-47)83-85(69,70)71)81-44-37(61)36(60)40(24(3)75-44)79-46-39(63)42(34(58)28(77-46)22-74-84(66,67)68)80-45-38(62)41(72-9)33(57)27(20-55)76-45/h12,23-24,26-47,55-63,65H,10-11,13-22H2,1-9H3,(H,66,67,68)(H,69,70,71)/t24-,26+,27-,28-,29-,30+,31+,32+,33-,34-,35+,36-,37-,38-,39-,40-,41+,42+,43-,44+,45+,46+,47+,50-,51+,52+,53+,54-/m1/s1. The summed E-state index contributed by atoms with van der Waals surface area (Å²) in [5, 5.41) is 115. The number of esters is 1. The maximum atomic E-state index is 14.5. The van der Waals surface area contributed by atoms with Crippen LogP contribution < -0.4 is 0 Å². The molecular formula is C54H88O29S2. The quantitative estimate of drug-likeness (QED) is 0.0395. The molecule has 0 aromatic carbocycles. The summed E-state index contributed by atoms with van der Waals surface area (Å²) in [7, 11) is -9.29. The summed E-state index contributed by atoms with van der Waals surface area (Å²) >= 11 is 0. The third-order valence-corrected chi connectivity index (χ3v) is 21.9. The lowest BCUT2D eigenvalue weighted by Gasteiger charge is -2.65. The minimum absolute atomic E-state index is 0.153. The van der Waals surface area contributed by atoms with Crippen molar-refractivity contribution in [1.29, 1.82) is 0 Å².